The minimum absolute atomic E-state index is 0.0416. The summed E-state index contributed by atoms with van der Waals surface area (Å²) in [6.45, 7) is 2.97. The number of hydrogen-bond acceptors (Lipinski definition) is 5. The van der Waals surface area contributed by atoms with E-state index >= 15 is 0 Å². The molecule has 0 amide bonds. The van der Waals surface area contributed by atoms with E-state index in [9.17, 15) is 9.90 Å². The van der Waals surface area contributed by atoms with Crippen LogP contribution in [0.25, 0.3) is 0 Å². The fourth-order valence-electron chi connectivity index (χ4n) is 2.16. The summed E-state index contributed by atoms with van der Waals surface area (Å²) in [4.78, 5) is 12.6. The third-order valence-electron chi connectivity index (χ3n) is 3.23. The standard InChI is InChI=1S/C11H15N3O3/c1-7-4-5-14(9(7)6-15)10-3-2-8(11(16)17)12-13-10/h2-3,7,9,15H,4-6H2,1H3,(H,16,17). The Hall–Kier alpha value is -1.69. The number of aliphatic hydroxyl groups is 1. The van der Waals surface area contributed by atoms with Gasteiger partial charge < -0.3 is 15.1 Å². The number of hydrogen-bond donors (Lipinski definition) is 2. The summed E-state index contributed by atoms with van der Waals surface area (Å²) in [6, 6.07) is 3.11. The zero-order chi connectivity index (χ0) is 12.4. The minimum Gasteiger partial charge on any atom is -0.476 e. The molecule has 2 N–H and O–H groups in total. The molecule has 2 atom stereocenters. The van der Waals surface area contributed by atoms with Gasteiger partial charge in [0.2, 0.25) is 0 Å². The number of aromatic carboxylic acids is 1. The van der Waals surface area contributed by atoms with E-state index in [1.165, 1.54) is 6.07 Å². The Morgan fingerprint density at radius 2 is 2.29 bits per heavy atom. The van der Waals surface area contributed by atoms with Gasteiger partial charge in [0.25, 0.3) is 0 Å². The number of aliphatic hydroxyl groups excluding tert-OH is 1. The molecule has 1 saturated heterocycles. The first-order valence-corrected chi connectivity index (χ1v) is 5.58. The molecule has 2 rings (SSSR count). The van der Waals surface area contributed by atoms with Crippen molar-refractivity contribution in [3.8, 4) is 0 Å². The maximum atomic E-state index is 10.6. The molecule has 1 aliphatic heterocycles. The molecule has 17 heavy (non-hydrogen) atoms. The maximum absolute atomic E-state index is 10.6. The van der Waals surface area contributed by atoms with Crippen LogP contribution in [-0.2, 0) is 0 Å². The highest BCUT2D eigenvalue weighted by molar-refractivity contribution is 5.85. The van der Waals surface area contributed by atoms with Crippen LogP contribution in [0, 0.1) is 5.92 Å². The van der Waals surface area contributed by atoms with Gasteiger partial charge in [-0.05, 0) is 24.5 Å². The van der Waals surface area contributed by atoms with Crippen molar-refractivity contribution in [1.29, 1.82) is 0 Å². The van der Waals surface area contributed by atoms with Crippen molar-refractivity contribution in [3.63, 3.8) is 0 Å². The summed E-state index contributed by atoms with van der Waals surface area (Å²) in [5.41, 5.74) is -0.0680. The second kappa shape index (κ2) is 4.67. The van der Waals surface area contributed by atoms with Crippen molar-refractivity contribution in [3.05, 3.63) is 17.8 Å². The van der Waals surface area contributed by atoms with E-state index in [1.807, 2.05) is 4.90 Å². The van der Waals surface area contributed by atoms with E-state index in [0.29, 0.717) is 11.7 Å². The van der Waals surface area contributed by atoms with E-state index in [4.69, 9.17) is 5.11 Å². The lowest BCUT2D eigenvalue weighted by Gasteiger charge is -2.25. The molecule has 2 heterocycles. The maximum Gasteiger partial charge on any atom is 0.356 e. The largest absolute Gasteiger partial charge is 0.476 e. The van der Waals surface area contributed by atoms with E-state index in [0.717, 1.165) is 13.0 Å². The molecule has 1 fully saturated rings. The van der Waals surface area contributed by atoms with Gasteiger partial charge in [-0.3, -0.25) is 0 Å². The van der Waals surface area contributed by atoms with Crippen LogP contribution in [0.4, 0.5) is 5.82 Å². The molecule has 1 aromatic heterocycles. The van der Waals surface area contributed by atoms with Gasteiger partial charge in [0, 0.05) is 6.54 Å². The van der Waals surface area contributed by atoms with Crippen molar-refractivity contribution >= 4 is 11.8 Å². The third-order valence-corrected chi connectivity index (χ3v) is 3.23. The van der Waals surface area contributed by atoms with Crippen molar-refractivity contribution in [1.82, 2.24) is 10.2 Å². The number of carboxylic acid groups (broad SMARTS) is 1. The Labute approximate surface area is 98.9 Å². The van der Waals surface area contributed by atoms with Crippen LogP contribution >= 0.6 is 0 Å². The number of anilines is 1. The lowest BCUT2D eigenvalue weighted by Crippen LogP contribution is -2.35. The number of carboxylic acids is 1. The molecular weight excluding hydrogens is 222 g/mol. The Morgan fingerprint density at radius 3 is 2.82 bits per heavy atom. The van der Waals surface area contributed by atoms with Crippen LogP contribution in [-0.4, -0.2) is 45.6 Å². The van der Waals surface area contributed by atoms with Crippen molar-refractivity contribution in [2.75, 3.05) is 18.1 Å². The van der Waals surface area contributed by atoms with Crippen LogP contribution in [0.1, 0.15) is 23.8 Å². The molecule has 6 heteroatoms. The Bertz CT molecular complexity index is 407. The molecule has 0 radical (unpaired) electrons. The molecular formula is C11H15N3O3. The summed E-state index contributed by atoms with van der Waals surface area (Å²) < 4.78 is 0. The van der Waals surface area contributed by atoms with Gasteiger partial charge in [0.05, 0.1) is 12.6 Å². The normalized spacial score (nSPS) is 24.0. The lowest BCUT2D eigenvalue weighted by atomic mass is 10.0. The van der Waals surface area contributed by atoms with Crippen molar-refractivity contribution in [2.24, 2.45) is 5.92 Å². The van der Waals surface area contributed by atoms with Gasteiger partial charge in [-0.1, -0.05) is 6.92 Å². The Balaban J connectivity index is 2.20. The smallest absolute Gasteiger partial charge is 0.356 e. The van der Waals surface area contributed by atoms with Gasteiger partial charge in [-0.25, -0.2) is 4.79 Å². The molecule has 6 nitrogen and oxygen atoms in total. The Morgan fingerprint density at radius 1 is 1.53 bits per heavy atom. The number of carbonyl (C=O) groups is 1. The van der Waals surface area contributed by atoms with E-state index in [1.54, 1.807) is 6.07 Å². The van der Waals surface area contributed by atoms with Crippen LogP contribution in [0.3, 0.4) is 0 Å². The third kappa shape index (κ3) is 2.21. The van der Waals surface area contributed by atoms with Crippen molar-refractivity contribution in [2.45, 2.75) is 19.4 Å². The molecule has 0 spiro atoms. The highest BCUT2D eigenvalue weighted by Crippen LogP contribution is 2.27. The zero-order valence-electron chi connectivity index (χ0n) is 9.58. The predicted molar refractivity (Wildman–Crippen MR) is 61.0 cm³/mol. The summed E-state index contributed by atoms with van der Waals surface area (Å²) in [6.07, 6.45) is 0.994. The van der Waals surface area contributed by atoms with Gasteiger partial charge >= 0.3 is 5.97 Å². The highest BCUT2D eigenvalue weighted by Gasteiger charge is 2.31. The van der Waals surface area contributed by atoms with Crippen molar-refractivity contribution < 1.29 is 15.0 Å². The molecule has 1 aliphatic rings. The van der Waals surface area contributed by atoms with Crippen LogP contribution < -0.4 is 4.90 Å². The average Bonchev–Trinajstić information content (AvgIpc) is 2.70. The second-order valence-corrected chi connectivity index (χ2v) is 4.29. The molecule has 2 unspecified atom stereocenters. The number of aromatic nitrogens is 2. The fraction of sp³-hybridized carbons (Fsp3) is 0.545. The monoisotopic (exact) mass is 237 g/mol. The molecule has 0 aliphatic carbocycles. The summed E-state index contributed by atoms with van der Waals surface area (Å²) in [5.74, 6) is -0.0584. The van der Waals surface area contributed by atoms with Gasteiger partial charge in [0.15, 0.2) is 11.5 Å². The Kier molecular flexibility index (Phi) is 3.23. The van der Waals surface area contributed by atoms with Gasteiger partial charge in [0.1, 0.15) is 0 Å². The van der Waals surface area contributed by atoms with E-state index in [-0.39, 0.29) is 18.3 Å². The highest BCUT2D eigenvalue weighted by atomic mass is 16.4. The second-order valence-electron chi connectivity index (χ2n) is 4.29. The predicted octanol–water partition coefficient (Wildman–Crippen LogP) is 0.382. The number of rotatable bonds is 3. The first-order chi connectivity index (χ1) is 8.13. The molecule has 92 valence electrons. The minimum atomic E-state index is -1.09. The van der Waals surface area contributed by atoms with Crippen LogP contribution in [0.15, 0.2) is 12.1 Å². The topological polar surface area (TPSA) is 86.6 Å². The molecule has 1 aromatic rings. The zero-order valence-corrected chi connectivity index (χ0v) is 9.58. The molecule has 0 aromatic carbocycles. The number of nitrogens with zero attached hydrogens (tertiary/aromatic N) is 3. The summed E-state index contributed by atoms with van der Waals surface area (Å²) in [7, 11) is 0. The van der Waals surface area contributed by atoms with Crippen LogP contribution in [0.2, 0.25) is 0 Å². The summed E-state index contributed by atoms with van der Waals surface area (Å²) >= 11 is 0. The first kappa shape index (κ1) is 11.8. The lowest BCUT2D eigenvalue weighted by molar-refractivity contribution is 0.0689. The van der Waals surface area contributed by atoms with Gasteiger partial charge in [-0.15, -0.1) is 10.2 Å². The van der Waals surface area contributed by atoms with Gasteiger partial charge in [-0.2, -0.15) is 0 Å². The molecule has 0 saturated carbocycles. The SMILES string of the molecule is CC1CCN(c2ccc(C(=O)O)nn2)C1CO. The van der Waals surface area contributed by atoms with E-state index < -0.39 is 5.97 Å². The fourth-order valence-corrected chi connectivity index (χ4v) is 2.16. The summed E-state index contributed by atoms with van der Waals surface area (Å²) in [5, 5.41) is 25.6. The average molecular weight is 237 g/mol. The van der Waals surface area contributed by atoms with E-state index in [2.05, 4.69) is 17.1 Å². The quantitative estimate of drug-likeness (QED) is 0.790. The van der Waals surface area contributed by atoms with Crippen LogP contribution in [0.5, 0.6) is 0 Å². The first-order valence-electron chi connectivity index (χ1n) is 5.58. The molecule has 0 bridgehead atoms.